The van der Waals surface area contributed by atoms with Crippen LogP contribution in [0.4, 0.5) is 24.7 Å². The van der Waals surface area contributed by atoms with E-state index in [2.05, 4.69) is 26.1 Å². The van der Waals surface area contributed by atoms with Gasteiger partial charge in [0, 0.05) is 17.9 Å². The Hall–Kier alpha value is -3.26. The van der Waals surface area contributed by atoms with Crippen molar-refractivity contribution in [1.29, 1.82) is 5.26 Å². The maximum absolute atomic E-state index is 12.3. The predicted molar refractivity (Wildman–Crippen MR) is 107 cm³/mol. The lowest BCUT2D eigenvalue weighted by molar-refractivity contribution is -0.274. The second kappa shape index (κ2) is 8.85. The third-order valence-corrected chi connectivity index (χ3v) is 5.37. The Kier molecular flexibility index (Phi) is 6.40. The van der Waals surface area contributed by atoms with Crippen molar-refractivity contribution in [3.05, 3.63) is 36.0 Å². The number of amides is 1. The summed E-state index contributed by atoms with van der Waals surface area (Å²) in [5.41, 5.74) is 6.01. The molecule has 8 nitrogen and oxygen atoms in total. The van der Waals surface area contributed by atoms with E-state index in [0.717, 1.165) is 18.6 Å². The first-order valence-electron chi connectivity index (χ1n) is 9.65. The maximum Gasteiger partial charge on any atom is 0.573 e. The quantitative estimate of drug-likeness (QED) is 0.718. The Bertz CT molecular complexity index is 965. The highest BCUT2D eigenvalue weighted by Gasteiger charge is 2.34. The van der Waals surface area contributed by atoms with Crippen LogP contribution in [-0.4, -0.2) is 47.1 Å². The van der Waals surface area contributed by atoms with Gasteiger partial charge in [-0.05, 0) is 57.6 Å². The fourth-order valence-corrected chi connectivity index (χ4v) is 3.77. The van der Waals surface area contributed by atoms with Gasteiger partial charge in [-0.2, -0.15) is 10.4 Å². The summed E-state index contributed by atoms with van der Waals surface area (Å²) in [5.74, 6) is -1.19. The van der Waals surface area contributed by atoms with Gasteiger partial charge in [0.15, 0.2) is 5.82 Å². The molecule has 1 aliphatic rings. The number of primary amides is 1. The van der Waals surface area contributed by atoms with E-state index in [1.165, 1.54) is 18.3 Å². The molecule has 2 aromatic rings. The Morgan fingerprint density at radius 2 is 2.00 bits per heavy atom. The molecule has 11 heteroatoms. The highest BCUT2D eigenvalue weighted by atomic mass is 19.4. The van der Waals surface area contributed by atoms with Crippen LogP contribution in [0.3, 0.4) is 0 Å². The Balaban J connectivity index is 1.81. The summed E-state index contributed by atoms with van der Waals surface area (Å²) in [6.07, 6.45) is -0.995. The first kappa shape index (κ1) is 22.4. The third kappa shape index (κ3) is 5.46. The molecule has 0 spiro atoms. The summed E-state index contributed by atoms with van der Waals surface area (Å²) in [6.45, 7) is 0. The Morgan fingerprint density at radius 1 is 1.32 bits per heavy atom. The summed E-state index contributed by atoms with van der Waals surface area (Å²) in [6, 6.07) is 7.44. The second-order valence-electron chi connectivity index (χ2n) is 7.67. The molecule has 0 unspecified atom stereocenters. The minimum Gasteiger partial charge on any atom is -0.406 e. The Labute approximate surface area is 177 Å². The van der Waals surface area contributed by atoms with Crippen molar-refractivity contribution >= 4 is 17.4 Å². The topological polar surface area (TPSA) is 109 Å². The van der Waals surface area contributed by atoms with Gasteiger partial charge in [-0.1, -0.05) is 0 Å². The molecule has 3 N–H and O–H groups in total. The van der Waals surface area contributed by atoms with E-state index in [1.807, 2.05) is 14.1 Å². The molecule has 0 saturated heterocycles. The largest absolute Gasteiger partial charge is 0.573 e. The number of hydrogen-bond donors (Lipinski definition) is 2. The minimum absolute atomic E-state index is 0.127. The number of nitriles is 1. The number of nitrogens with zero attached hydrogens (tertiary/aromatic N) is 4. The van der Waals surface area contributed by atoms with Gasteiger partial charge < -0.3 is 20.7 Å². The van der Waals surface area contributed by atoms with Gasteiger partial charge in [0.05, 0.1) is 18.0 Å². The third-order valence-electron chi connectivity index (χ3n) is 5.37. The Morgan fingerprint density at radius 3 is 2.55 bits per heavy atom. The van der Waals surface area contributed by atoms with Gasteiger partial charge >= 0.3 is 6.36 Å². The van der Waals surface area contributed by atoms with Crippen molar-refractivity contribution < 1.29 is 22.7 Å². The van der Waals surface area contributed by atoms with Crippen LogP contribution in [0, 0.1) is 17.2 Å². The molecule has 0 radical (unpaired) electrons. The zero-order valence-electron chi connectivity index (χ0n) is 17.1. The van der Waals surface area contributed by atoms with Crippen LogP contribution in [0.25, 0.3) is 0 Å². The molecule has 3 rings (SSSR count). The number of ether oxygens (including phenoxy) is 1. The second-order valence-corrected chi connectivity index (χ2v) is 7.67. The summed E-state index contributed by atoms with van der Waals surface area (Å²) in [5, 5.41) is 17.0. The number of anilines is 2. The first-order chi connectivity index (χ1) is 14.6. The molecule has 1 amide bonds. The van der Waals surface area contributed by atoms with Crippen LogP contribution in [0.2, 0.25) is 0 Å². The normalized spacial score (nSPS) is 21.5. The number of aromatic nitrogens is 2. The monoisotopic (exact) mass is 436 g/mol. The molecule has 1 aromatic heterocycles. The number of alkyl halides is 3. The fourth-order valence-electron chi connectivity index (χ4n) is 3.77. The average molecular weight is 436 g/mol. The smallest absolute Gasteiger partial charge is 0.406 e. The van der Waals surface area contributed by atoms with Crippen molar-refractivity contribution in [3.63, 3.8) is 0 Å². The lowest BCUT2D eigenvalue weighted by Crippen LogP contribution is -2.37. The maximum atomic E-state index is 12.3. The zero-order valence-corrected chi connectivity index (χ0v) is 17.1. The van der Waals surface area contributed by atoms with Crippen LogP contribution in [0.5, 0.6) is 5.75 Å². The summed E-state index contributed by atoms with van der Waals surface area (Å²) >= 11 is 0. The number of carbonyl (C=O) groups excluding carboxylic acids is 1. The molecule has 1 aromatic carbocycles. The van der Waals surface area contributed by atoms with Crippen molar-refractivity contribution in [2.75, 3.05) is 19.4 Å². The van der Waals surface area contributed by atoms with Crippen molar-refractivity contribution in [3.8, 4) is 11.8 Å². The van der Waals surface area contributed by atoms with E-state index in [4.69, 9.17) is 5.73 Å². The number of nitrogens with one attached hydrogen (secondary N) is 1. The molecule has 0 aliphatic heterocycles. The van der Waals surface area contributed by atoms with Gasteiger partial charge in [0.2, 0.25) is 0 Å². The molecular weight excluding hydrogens is 413 g/mol. The fraction of sp³-hybridized carbons (Fsp3) is 0.450. The number of halogens is 3. The molecule has 1 aliphatic carbocycles. The number of hydrogen-bond acceptors (Lipinski definition) is 6. The molecule has 0 bridgehead atoms. The summed E-state index contributed by atoms with van der Waals surface area (Å²) < 4.78 is 42.4. The summed E-state index contributed by atoms with van der Waals surface area (Å²) in [4.78, 5) is 14.0. The SMILES string of the molecule is CN(C)[C@H]1CC[C@H](n2cc(C(N)=O)c(Nc3ccc(OC(F)(F)F)cc3)n2)[C@@H](C#N)C1. The predicted octanol–water partition coefficient (Wildman–Crippen LogP) is 3.42. The van der Waals surface area contributed by atoms with Crippen LogP contribution < -0.4 is 15.8 Å². The lowest BCUT2D eigenvalue weighted by Gasteiger charge is -2.35. The lowest BCUT2D eigenvalue weighted by atomic mass is 9.82. The van der Waals surface area contributed by atoms with Gasteiger partial charge in [0.25, 0.3) is 5.91 Å². The highest BCUT2D eigenvalue weighted by molar-refractivity contribution is 5.98. The van der Waals surface area contributed by atoms with Crippen molar-refractivity contribution in [1.82, 2.24) is 14.7 Å². The van der Waals surface area contributed by atoms with E-state index >= 15 is 0 Å². The molecule has 31 heavy (non-hydrogen) atoms. The molecule has 1 fully saturated rings. The van der Waals surface area contributed by atoms with E-state index in [0.29, 0.717) is 24.6 Å². The number of benzene rings is 1. The standard InChI is InChI=1S/C20H23F3N6O2/c1-28(2)14-5-8-17(12(9-14)10-24)29-11-16(18(25)30)19(27-29)26-13-3-6-15(7-4-13)31-20(21,22)23/h3-4,6-7,11-12,14,17H,5,8-9H2,1-2H3,(H2,25,30)(H,26,27)/t12-,14+,17+/m1/s1. The van der Waals surface area contributed by atoms with E-state index < -0.39 is 12.3 Å². The van der Waals surface area contributed by atoms with Gasteiger partial charge in [0.1, 0.15) is 11.3 Å². The van der Waals surface area contributed by atoms with Gasteiger partial charge in [-0.15, -0.1) is 13.2 Å². The number of carbonyl (C=O) groups is 1. The van der Waals surface area contributed by atoms with E-state index in [-0.39, 0.29) is 29.1 Å². The van der Waals surface area contributed by atoms with E-state index in [9.17, 15) is 23.2 Å². The van der Waals surface area contributed by atoms with E-state index in [1.54, 1.807) is 4.68 Å². The molecule has 1 heterocycles. The molecule has 3 atom stereocenters. The van der Waals surface area contributed by atoms with Crippen LogP contribution in [0.15, 0.2) is 30.5 Å². The first-order valence-corrected chi connectivity index (χ1v) is 9.65. The minimum atomic E-state index is -4.78. The average Bonchev–Trinajstić information content (AvgIpc) is 3.11. The van der Waals surface area contributed by atoms with Gasteiger partial charge in [-0.3, -0.25) is 9.48 Å². The van der Waals surface area contributed by atoms with Crippen LogP contribution in [0.1, 0.15) is 35.7 Å². The van der Waals surface area contributed by atoms with Crippen molar-refractivity contribution in [2.45, 2.75) is 37.7 Å². The number of rotatable bonds is 6. The summed E-state index contributed by atoms with van der Waals surface area (Å²) in [7, 11) is 3.96. The van der Waals surface area contributed by atoms with Gasteiger partial charge in [-0.25, -0.2) is 0 Å². The molecular formula is C20H23F3N6O2. The highest BCUT2D eigenvalue weighted by Crippen LogP contribution is 2.36. The molecule has 166 valence electrons. The molecule has 1 saturated carbocycles. The zero-order chi connectivity index (χ0) is 22.8. The van der Waals surface area contributed by atoms with Crippen LogP contribution >= 0.6 is 0 Å². The number of nitrogens with two attached hydrogens (primary N) is 1. The van der Waals surface area contributed by atoms with Crippen LogP contribution in [-0.2, 0) is 0 Å². The van der Waals surface area contributed by atoms with Crippen molar-refractivity contribution in [2.24, 2.45) is 11.7 Å².